The van der Waals surface area contributed by atoms with Crippen molar-refractivity contribution in [2.75, 3.05) is 0 Å². The zero-order valence-electron chi connectivity index (χ0n) is 12.7. The van der Waals surface area contributed by atoms with Crippen LogP contribution < -0.4 is 11.2 Å². The highest BCUT2D eigenvalue weighted by Gasteiger charge is 2.10. The number of hydrogen-bond donors (Lipinski definition) is 2. The summed E-state index contributed by atoms with van der Waals surface area (Å²) < 4.78 is 1.94. The molecule has 118 valence electrons. The van der Waals surface area contributed by atoms with Crippen molar-refractivity contribution < 1.29 is 5.11 Å². The molecule has 0 aliphatic rings. The Morgan fingerprint density at radius 3 is 2.74 bits per heavy atom. The maximum Gasteiger partial charge on any atom is 0.330 e. The van der Waals surface area contributed by atoms with Gasteiger partial charge in [0.15, 0.2) is 0 Å². The average Bonchev–Trinajstić information content (AvgIpc) is 2.87. The van der Waals surface area contributed by atoms with E-state index in [9.17, 15) is 14.7 Å². The number of rotatable bonds is 2. The van der Waals surface area contributed by atoms with Crippen LogP contribution in [0.3, 0.4) is 0 Å². The van der Waals surface area contributed by atoms with Crippen LogP contribution in [0.15, 0.2) is 26.7 Å². The Morgan fingerprint density at radius 2 is 2.00 bits per heavy atom. The molecule has 0 saturated carbocycles. The van der Waals surface area contributed by atoms with Crippen molar-refractivity contribution in [2.45, 2.75) is 13.8 Å². The van der Waals surface area contributed by atoms with E-state index in [-0.39, 0.29) is 5.56 Å². The first-order valence-corrected chi connectivity index (χ1v) is 7.62. The highest BCUT2D eigenvalue weighted by Crippen LogP contribution is 2.30. The summed E-state index contributed by atoms with van der Waals surface area (Å²) in [4.78, 5) is 33.8. The third-order valence-electron chi connectivity index (χ3n) is 3.63. The predicted octanol–water partition coefficient (Wildman–Crippen LogP) is 1.76. The van der Waals surface area contributed by atoms with Crippen LogP contribution in [0.1, 0.15) is 16.7 Å². The van der Waals surface area contributed by atoms with Crippen LogP contribution in [0.4, 0.5) is 5.13 Å². The van der Waals surface area contributed by atoms with Crippen LogP contribution in [0.25, 0.3) is 10.2 Å². The van der Waals surface area contributed by atoms with Gasteiger partial charge in [-0.25, -0.2) is 14.8 Å². The van der Waals surface area contributed by atoms with Crippen molar-refractivity contribution in [3.8, 4) is 5.88 Å². The number of nitrogens with zero attached hydrogens (tertiary/aromatic N) is 3. The summed E-state index contributed by atoms with van der Waals surface area (Å²) in [6, 6.07) is 4.02. The molecule has 7 nitrogen and oxygen atoms in total. The summed E-state index contributed by atoms with van der Waals surface area (Å²) in [6.07, 6.45) is 1.21. The molecule has 3 aromatic rings. The largest absolute Gasteiger partial charge is 0.494 e. The number of aromatic amines is 1. The summed E-state index contributed by atoms with van der Waals surface area (Å²) in [7, 11) is 1.36. The quantitative estimate of drug-likeness (QED) is 0.699. The van der Waals surface area contributed by atoms with Crippen LogP contribution >= 0.6 is 11.3 Å². The van der Waals surface area contributed by atoms with Crippen LogP contribution in [-0.2, 0) is 7.05 Å². The van der Waals surface area contributed by atoms with Gasteiger partial charge in [0.1, 0.15) is 5.56 Å². The Bertz CT molecular complexity index is 1020. The smallest absolute Gasteiger partial charge is 0.330 e. The molecule has 0 bridgehead atoms. The van der Waals surface area contributed by atoms with Gasteiger partial charge in [0, 0.05) is 13.3 Å². The van der Waals surface area contributed by atoms with Gasteiger partial charge in [-0.3, -0.25) is 14.3 Å². The number of aromatic nitrogens is 3. The van der Waals surface area contributed by atoms with Crippen molar-refractivity contribution in [1.29, 1.82) is 0 Å². The van der Waals surface area contributed by atoms with Crippen LogP contribution in [0.5, 0.6) is 5.88 Å². The third-order valence-corrected chi connectivity index (χ3v) is 4.55. The maximum atomic E-state index is 11.8. The lowest BCUT2D eigenvalue weighted by atomic mass is 10.1. The Morgan fingerprint density at radius 1 is 1.30 bits per heavy atom. The minimum atomic E-state index is -0.692. The predicted molar refractivity (Wildman–Crippen MR) is 90.3 cm³/mol. The zero-order chi connectivity index (χ0) is 16.7. The second-order valence-electron chi connectivity index (χ2n) is 5.21. The van der Waals surface area contributed by atoms with E-state index in [0.717, 1.165) is 20.3 Å². The lowest BCUT2D eigenvalue weighted by Gasteiger charge is -2.02. The Labute approximate surface area is 134 Å². The minimum absolute atomic E-state index is 0.0845. The van der Waals surface area contributed by atoms with Gasteiger partial charge in [0.25, 0.3) is 5.56 Å². The summed E-state index contributed by atoms with van der Waals surface area (Å²) in [5, 5.41) is 10.4. The molecule has 0 unspecified atom stereocenters. The minimum Gasteiger partial charge on any atom is -0.494 e. The molecular weight excluding hydrogens is 316 g/mol. The van der Waals surface area contributed by atoms with E-state index in [1.807, 2.05) is 26.0 Å². The lowest BCUT2D eigenvalue weighted by Crippen LogP contribution is -2.30. The normalized spacial score (nSPS) is 11.6. The van der Waals surface area contributed by atoms with Gasteiger partial charge in [0.2, 0.25) is 11.0 Å². The molecule has 2 N–H and O–H groups in total. The lowest BCUT2D eigenvalue weighted by molar-refractivity contribution is 0.417. The van der Waals surface area contributed by atoms with Crippen molar-refractivity contribution in [1.82, 2.24) is 14.5 Å². The molecule has 0 atom stereocenters. The summed E-state index contributed by atoms with van der Waals surface area (Å²) in [5.74, 6) is -0.435. The fourth-order valence-electron chi connectivity index (χ4n) is 2.09. The van der Waals surface area contributed by atoms with Gasteiger partial charge in [-0.2, -0.15) is 0 Å². The van der Waals surface area contributed by atoms with E-state index >= 15 is 0 Å². The van der Waals surface area contributed by atoms with E-state index < -0.39 is 17.1 Å². The molecule has 0 spiro atoms. The monoisotopic (exact) mass is 330 g/mol. The first-order valence-electron chi connectivity index (χ1n) is 6.81. The molecule has 1 aromatic carbocycles. The molecule has 0 radical (unpaired) electrons. The molecule has 2 heterocycles. The standard InChI is InChI=1S/C15H14N4O3S/c1-7-4-10-11(5-8(7)2)23-14(17-10)16-6-9-12(20)18-15(22)19(3)13(9)21/h4-6,21H,1-3H3,(H,18,20,22). The van der Waals surface area contributed by atoms with E-state index in [1.165, 1.54) is 30.2 Å². The van der Waals surface area contributed by atoms with E-state index in [4.69, 9.17) is 0 Å². The van der Waals surface area contributed by atoms with Gasteiger partial charge >= 0.3 is 5.69 Å². The average molecular weight is 330 g/mol. The second kappa shape index (κ2) is 5.47. The highest BCUT2D eigenvalue weighted by molar-refractivity contribution is 7.22. The highest BCUT2D eigenvalue weighted by atomic mass is 32.1. The van der Waals surface area contributed by atoms with Crippen LogP contribution in [0, 0.1) is 13.8 Å². The Hall–Kier alpha value is -2.74. The molecule has 0 aliphatic carbocycles. The van der Waals surface area contributed by atoms with E-state index in [2.05, 4.69) is 15.0 Å². The van der Waals surface area contributed by atoms with Crippen molar-refractivity contribution in [3.63, 3.8) is 0 Å². The van der Waals surface area contributed by atoms with Crippen molar-refractivity contribution >= 4 is 32.9 Å². The number of benzene rings is 1. The molecule has 0 fully saturated rings. The number of aliphatic imine (C=N–C) groups is 1. The number of aromatic hydroxyl groups is 1. The molecule has 2 aromatic heterocycles. The second-order valence-corrected chi connectivity index (χ2v) is 6.22. The number of fused-ring (bicyclic) bond motifs is 1. The Kier molecular flexibility index (Phi) is 3.61. The molecule has 0 aliphatic heterocycles. The molecular formula is C15H14N4O3S. The molecule has 0 saturated heterocycles. The van der Waals surface area contributed by atoms with Gasteiger partial charge < -0.3 is 5.11 Å². The molecule has 8 heteroatoms. The van der Waals surface area contributed by atoms with Crippen molar-refractivity contribution in [3.05, 3.63) is 49.7 Å². The molecule has 0 amide bonds. The Balaban J connectivity index is 2.06. The summed E-state index contributed by atoms with van der Waals surface area (Å²) in [6.45, 7) is 4.04. The number of hydrogen-bond acceptors (Lipinski definition) is 6. The van der Waals surface area contributed by atoms with Gasteiger partial charge in [-0.1, -0.05) is 11.3 Å². The van der Waals surface area contributed by atoms with Crippen LogP contribution in [-0.4, -0.2) is 25.9 Å². The SMILES string of the molecule is Cc1cc2nc(N=Cc3c(O)n(C)c(=O)[nH]c3=O)sc2cc1C. The molecule has 3 rings (SSSR count). The number of aryl methyl sites for hydroxylation is 2. The van der Waals surface area contributed by atoms with E-state index in [0.29, 0.717) is 5.13 Å². The third kappa shape index (κ3) is 2.68. The topological polar surface area (TPSA) is 100 Å². The fourth-order valence-corrected chi connectivity index (χ4v) is 2.98. The van der Waals surface area contributed by atoms with E-state index in [1.54, 1.807) is 0 Å². The number of H-pyrrole nitrogens is 1. The number of nitrogens with one attached hydrogen (secondary N) is 1. The van der Waals surface area contributed by atoms with Gasteiger partial charge in [-0.15, -0.1) is 0 Å². The number of thiazole rings is 1. The first-order chi connectivity index (χ1) is 10.9. The maximum absolute atomic E-state index is 11.8. The van der Waals surface area contributed by atoms with Gasteiger partial charge in [0.05, 0.1) is 10.2 Å². The van der Waals surface area contributed by atoms with Gasteiger partial charge in [-0.05, 0) is 37.1 Å². The van der Waals surface area contributed by atoms with Crippen LogP contribution in [0.2, 0.25) is 0 Å². The summed E-state index contributed by atoms with van der Waals surface area (Å²) >= 11 is 1.39. The first kappa shape index (κ1) is 15.2. The zero-order valence-corrected chi connectivity index (χ0v) is 13.6. The van der Waals surface area contributed by atoms with Crippen molar-refractivity contribution in [2.24, 2.45) is 12.0 Å². The summed E-state index contributed by atoms with van der Waals surface area (Å²) in [5.41, 5.74) is 1.69. The molecule has 23 heavy (non-hydrogen) atoms. The fraction of sp³-hybridized carbons (Fsp3) is 0.200.